The van der Waals surface area contributed by atoms with E-state index in [-0.39, 0.29) is 0 Å². The molecular weight excluding hydrogens is 235 g/mol. The Morgan fingerprint density at radius 3 is 1.53 bits per heavy atom. The molecule has 1 fully saturated rings. The third-order valence-corrected chi connectivity index (χ3v) is 2.17. The van der Waals surface area contributed by atoms with Gasteiger partial charge in [0.05, 0.1) is 0 Å². The summed E-state index contributed by atoms with van der Waals surface area (Å²) in [7, 11) is 0. The molecular formula is C6H6F7NO. The molecule has 2 N–H and O–H groups in total. The van der Waals surface area contributed by atoms with Crippen molar-refractivity contribution >= 4 is 0 Å². The number of nitrogens with one attached hydrogen (secondary N) is 1. The van der Waals surface area contributed by atoms with Crippen LogP contribution in [-0.4, -0.2) is 41.8 Å². The lowest BCUT2D eigenvalue weighted by atomic mass is 9.85. The third kappa shape index (κ3) is 1.48. The molecule has 9 heteroatoms. The summed E-state index contributed by atoms with van der Waals surface area (Å²) in [6.45, 7) is -2.02. The monoisotopic (exact) mass is 241 g/mol. The van der Waals surface area contributed by atoms with Gasteiger partial charge in [0.15, 0.2) is 5.60 Å². The van der Waals surface area contributed by atoms with Gasteiger partial charge in [-0.25, -0.2) is 0 Å². The summed E-state index contributed by atoms with van der Waals surface area (Å²) in [5, 5.41) is 10.8. The Balaban J connectivity index is 3.04. The van der Waals surface area contributed by atoms with Crippen molar-refractivity contribution < 1.29 is 35.8 Å². The zero-order valence-electron chi connectivity index (χ0n) is 7.01. The Morgan fingerprint density at radius 1 is 0.933 bits per heavy atom. The predicted octanol–water partition coefficient (Wildman–Crippen LogP) is 1.15. The molecule has 90 valence electrons. The van der Waals surface area contributed by atoms with Crippen molar-refractivity contribution in [2.75, 3.05) is 13.1 Å². The molecule has 1 saturated heterocycles. The van der Waals surface area contributed by atoms with Crippen LogP contribution in [-0.2, 0) is 0 Å². The molecule has 2 nitrogen and oxygen atoms in total. The van der Waals surface area contributed by atoms with E-state index in [0.29, 0.717) is 0 Å². The first-order chi connectivity index (χ1) is 6.46. The van der Waals surface area contributed by atoms with E-state index >= 15 is 0 Å². The second kappa shape index (κ2) is 2.97. The molecule has 0 aromatic carbocycles. The van der Waals surface area contributed by atoms with Crippen LogP contribution < -0.4 is 5.32 Å². The lowest BCUT2D eigenvalue weighted by molar-refractivity contribution is -0.392. The molecule has 0 unspecified atom stereocenters. The first kappa shape index (κ1) is 12.5. The molecule has 1 rings (SSSR count). The van der Waals surface area contributed by atoms with E-state index in [4.69, 9.17) is 5.11 Å². The van der Waals surface area contributed by atoms with Gasteiger partial charge in [-0.3, -0.25) is 0 Å². The maximum atomic E-state index is 12.8. The minimum Gasteiger partial charge on any atom is -0.381 e. The number of hydrogen-bond donors (Lipinski definition) is 2. The number of aliphatic hydroxyl groups is 1. The van der Waals surface area contributed by atoms with Crippen molar-refractivity contribution in [3.63, 3.8) is 0 Å². The Labute approximate surface area is 79.1 Å². The van der Waals surface area contributed by atoms with Crippen LogP contribution in [0.3, 0.4) is 0 Å². The SMILES string of the molecule is OC1(C(F)(F)C(F)(F)C(F)(F)F)CNC1. The average molecular weight is 241 g/mol. The van der Waals surface area contributed by atoms with Crippen LogP contribution in [0.5, 0.6) is 0 Å². The normalized spacial score (nSPS) is 22.4. The van der Waals surface area contributed by atoms with E-state index in [9.17, 15) is 30.7 Å². The van der Waals surface area contributed by atoms with Gasteiger partial charge in [-0.15, -0.1) is 0 Å². The molecule has 0 aromatic heterocycles. The van der Waals surface area contributed by atoms with Gasteiger partial charge in [0.2, 0.25) is 0 Å². The number of hydrogen-bond acceptors (Lipinski definition) is 2. The van der Waals surface area contributed by atoms with E-state index in [1.54, 1.807) is 0 Å². The second-order valence-electron chi connectivity index (χ2n) is 3.28. The Kier molecular flexibility index (Phi) is 2.48. The van der Waals surface area contributed by atoms with Gasteiger partial charge in [-0.1, -0.05) is 0 Å². The van der Waals surface area contributed by atoms with Crippen molar-refractivity contribution in [1.29, 1.82) is 0 Å². The minimum atomic E-state index is -6.40. The van der Waals surface area contributed by atoms with E-state index < -0.39 is 36.7 Å². The zero-order valence-corrected chi connectivity index (χ0v) is 7.01. The number of rotatable bonds is 2. The van der Waals surface area contributed by atoms with Crippen LogP contribution in [0.4, 0.5) is 30.7 Å². The fourth-order valence-electron chi connectivity index (χ4n) is 1.05. The lowest BCUT2D eigenvalue weighted by Crippen LogP contribution is -2.75. The van der Waals surface area contributed by atoms with E-state index in [2.05, 4.69) is 0 Å². The quantitative estimate of drug-likeness (QED) is 0.711. The minimum absolute atomic E-state index is 1.01. The first-order valence-electron chi connectivity index (χ1n) is 3.71. The molecule has 15 heavy (non-hydrogen) atoms. The maximum Gasteiger partial charge on any atom is 0.459 e. The smallest absolute Gasteiger partial charge is 0.381 e. The first-order valence-corrected chi connectivity index (χ1v) is 3.71. The largest absolute Gasteiger partial charge is 0.459 e. The van der Waals surface area contributed by atoms with Crippen LogP contribution in [0.1, 0.15) is 0 Å². The molecule has 1 heterocycles. The van der Waals surface area contributed by atoms with Crippen LogP contribution in [0.2, 0.25) is 0 Å². The number of halogens is 7. The molecule has 1 aliphatic rings. The molecule has 0 bridgehead atoms. The van der Waals surface area contributed by atoms with Gasteiger partial charge in [-0.2, -0.15) is 30.7 Å². The summed E-state index contributed by atoms with van der Waals surface area (Å²) in [5.74, 6) is -11.8. The van der Waals surface area contributed by atoms with Crippen molar-refractivity contribution in [3.8, 4) is 0 Å². The molecule has 0 aliphatic carbocycles. The summed E-state index contributed by atoms with van der Waals surface area (Å²) < 4.78 is 85.2. The topological polar surface area (TPSA) is 32.3 Å². The van der Waals surface area contributed by atoms with Crippen molar-refractivity contribution in [1.82, 2.24) is 5.32 Å². The Bertz CT molecular complexity index is 257. The molecule has 0 radical (unpaired) electrons. The number of alkyl halides is 7. The molecule has 0 spiro atoms. The van der Waals surface area contributed by atoms with Gasteiger partial charge in [0.25, 0.3) is 0 Å². The van der Waals surface area contributed by atoms with Gasteiger partial charge in [0, 0.05) is 13.1 Å². The summed E-state index contributed by atoms with van der Waals surface area (Å²) in [5.41, 5.74) is -3.36. The Hall–Kier alpha value is -0.570. The van der Waals surface area contributed by atoms with Crippen LogP contribution in [0.15, 0.2) is 0 Å². The zero-order chi connectivity index (χ0) is 12.1. The van der Waals surface area contributed by atoms with Crippen molar-refractivity contribution in [2.45, 2.75) is 23.6 Å². The summed E-state index contributed by atoms with van der Waals surface area (Å²) in [6, 6.07) is 0. The van der Waals surface area contributed by atoms with E-state index in [1.165, 1.54) is 0 Å². The summed E-state index contributed by atoms with van der Waals surface area (Å²) >= 11 is 0. The number of β-amino-alcohol motifs (C(OH)–C–C–N with tert-alkyl or cyclic N) is 1. The molecule has 0 amide bonds. The highest BCUT2D eigenvalue weighted by Gasteiger charge is 2.80. The summed E-state index contributed by atoms with van der Waals surface area (Å²) in [6.07, 6.45) is -6.40. The summed E-state index contributed by atoms with van der Waals surface area (Å²) in [4.78, 5) is 0. The standard InChI is InChI=1S/C6H6F7NO/c7-4(8,3(15)1-14-2-3)5(9,10)6(11,12)13/h14-15H,1-2H2. The van der Waals surface area contributed by atoms with Gasteiger partial charge < -0.3 is 10.4 Å². The fraction of sp³-hybridized carbons (Fsp3) is 1.00. The van der Waals surface area contributed by atoms with E-state index in [0.717, 1.165) is 0 Å². The second-order valence-corrected chi connectivity index (χ2v) is 3.28. The van der Waals surface area contributed by atoms with Crippen molar-refractivity contribution in [3.05, 3.63) is 0 Å². The predicted molar refractivity (Wildman–Crippen MR) is 33.8 cm³/mol. The van der Waals surface area contributed by atoms with Gasteiger partial charge in [0.1, 0.15) is 0 Å². The Morgan fingerprint density at radius 2 is 1.33 bits per heavy atom. The molecule has 0 atom stereocenters. The van der Waals surface area contributed by atoms with Crippen LogP contribution >= 0.6 is 0 Å². The molecule has 0 aromatic rings. The maximum absolute atomic E-state index is 12.8. The highest BCUT2D eigenvalue weighted by Crippen LogP contribution is 2.51. The highest BCUT2D eigenvalue weighted by atomic mass is 19.4. The van der Waals surface area contributed by atoms with Crippen LogP contribution in [0, 0.1) is 0 Å². The van der Waals surface area contributed by atoms with Crippen LogP contribution in [0.25, 0.3) is 0 Å². The molecule has 1 aliphatic heterocycles. The lowest BCUT2D eigenvalue weighted by Gasteiger charge is -2.45. The molecule has 0 saturated carbocycles. The van der Waals surface area contributed by atoms with Gasteiger partial charge >= 0.3 is 18.0 Å². The highest BCUT2D eigenvalue weighted by molar-refractivity contribution is 5.11. The fourth-order valence-corrected chi connectivity index (χ4v) is 1.05. The third-order valence-electron chi connectivity index (χ3n) is 2.17. The van der Waals surface area contributed by atoms with Gasteiger partial charge in [-0.05, 0) is 0 Å². The van der Waals surface area contributed by atoms with E-state index in [1.807, 2.05) is 5.32 Å². The van der Waals surface area contributed by atoms with Crippen molar-refractivity contribution in [2.24, 2.45) is 0 Å². The average Bonchev–Trinajstić information content (AvgIpc) is 1.97.